The van der Waals surface area contributed by atoms with Gasteiger partial charge in [-0.1, -0.05) is 24.3 Å². The zero-order valence-electron chi connectivity index (χ0n) is 11.4. The van der Waals surface area contributed by atoms with E-state index in [1.165, 1.54) is 0 Å². The largest absolute Gasteiger partial charge is 0.330 e. The second-order valence-electron chi connectivity index (χ2n) is 5.49. The van der Waals surface area contributed by atoms with Crippen molar-refractivity contribution in [3.63, 3.8) is 0 Å². The highest BCUT2D eigenvalue weighted by Crippen LogP contribution is 2.27. The molecule has 0 bridgehead atoms. The standard InChI is InChI=1S/C14H26N4/c1-13(17,6-8-15)11-4-3-5-12(10-11)14(2,18)7-9-16/h3-5,10H,6-9,15-18H2,1-2H3. The summed E-state index contributed by atoms with van der Waals surface area (Å²) in [6.45, 7) is 5.13. The van der Waals surface area contributed by atoms with E-state index in [9.17, 15) is 0 Å². The van der Waals surface area contributed by atoms with Gasteiger partial charge < -0.3 is 22.9 Å². The predicted octanol–water partition coefficient (Wildman–Crippen LogP) is 0.732. The summed E-state index contributed by atoms with van der Waals surface area (Å²) < 4.78 is 0. The number of rotatable bonds is 6. The molecular formula is C14H26N4. The molecule has 102 valence electrons. The van der Waals surface area contributed by atoms with Crippen molar-refractivity contribution in [1.82, 2.24) is 0 Å². The molecule has 2 atom stereocenters. The normalized spacial score (nSPS) is 18.1. The van der Waals surface area contributed by atoms with Crippen molar-refractivity contribution in [2.24, 2.45) is 22.9 Å². The highest BCUT2D eigenvalue weighted by Gasteiger charge is 2.24. The maximum Gasteiger partial charge on any atom is 0.0393 e. The van der Waals surface area contributed by atoms with Gasteiger partial charge in [0, 0.05) is 11.1 Å². The van der Waals surface area contributed by atoms with E-state index in [1.54, 1.807) is 0 Å². The molecule has 0 radical (unpaired) electrons. The SMILES string of the molecule is CC(N)(CCN)c1cccc(C(C)(N)CCN)c1. The van der Waals surface area contributed by atoms with Gasteiger partial charge in [0.05, 0.1) is 0 Å². The quantitative estimate of drug-likeness (QED) is 0.597. The molecule has 2 unspecified atom stereocenters. The third-order valence-corrected chi connectivity index (χ3v) is 3.51. The molecule has 8 N–H and O–H groups in total. The van der Waals surface area contributed by atoms with Crippen molar-refractivity contribution >= 4 is 0 Å². The molecule has 0 aliphatic heterocycles. The fourth-order valence-corrected chi connectivity index (χ4v) is 2.12. The molecule has 1 aromatic carbocycles. The Morgan fingerprint density at radius 1 is 0.889 bits per heavy atom. The average Bonchev–Trinajstić information content (AvgIpc) is 2.29. The summed E-state index contributed by atoms with van der Waals surface area (Å²) in [5.41, 5.74) is 25.1. The van der Waals surface area contributed by atoms with E-state index in [4.69, 9.17) is 22.9 Å². The Hall–Kier alpha value is -0.940. The molecule has 0 aromatic heterocycles. The van der Waals surface area contributed by atoms with E-state index in [0.29, 0.717) is 13.1 Å². The summed E-state index contributed by atoms with van der Waals surface area (Å²) >= 11 is 0. The Morgan fingerprint density at radius 3 is 1.61 bits per heavy atom. The minimum Gasteiger partial charge on any atom is -0.330 e. The lowest BCUT2D eigenvalue weighted by Crippen LogP contribution is -2.38. The lowest BCUT2D eigenvalue weighted by Gasteiger charge is -2.29. The summed E-state index contributed by atoms with van der Waals surface area (Å²) in [5.74, 6) is 0. The molecule has 1 rings (SSSR count). The van der Waals surface area contributed by atoms with Gasteiger partial charge in [-0.3, -0.25) is 0 Å². The van der Waals surface area contributed by atoms with Crippen molar-refractivity contribution in [1.29, 1.82) is 0 Å². The Balaban J connectivity index is 3.06. The molecule has 0 aliphatic rings. The van der Waals surface area contributed by atoms with Crippen LogP contribution in [0.3, 0.4) is 0 Å². The zero-order valence-corrected chi connectivity index (χ0v) is 11.4. The van der Waals surface area contributed by atoms with E-state index in [0.717, 1.165) is 24.0 Å². The van der Waals surface area contributed by atoms with Gasteiger partial charge in [-0.2, -0.15) is 0 Å². The first-order valence-electron chi connectivity index (χ1n) is 6.42. The summed E-state index contributed by atoms with van der Waals surface area (Å²) in [5, 5.41) is 0. The van der Waals surface area contributed by atoms with Crippen LogP contribution in [-0.2, 0) is 11.1 Å². The van der Waals surface area contributed by atoms with Gasteiger partial charge in [-0.15, -0.1) is 0 Å². The molecule has 0 aliphatic carbocycles. The van der Waals surface area contributed by atoms with Crippen LogP contribution in [0.15, 0.2) is 24.3 Å². The van der Waals surface area contributed by atoms with E-state index >= 15 is 0 Å². The molecule has 4 nitrogen and oxygen atoms in total. The lowest BCUT2D eigenvalue weighted by atomic mass is 9.83. The Morgan fingerprint density at radius 2 is 1.28 bits per heavy atom. The average molecular weight is 250 g/mol. The molecule has 18 heavy (non-hydrogen) atoms. The number of nitrogens with two attached hydrogens (primary N) is 4. The highest BCUT2D eigenvalue weighted by molar-refractivity contribution is 5.32. The van der Waals surface area contributed by atoms with Gasteiger partial charge in [0.25, 0.3) is 0 Å². The van der Waals surface area contributed by atoms with Crippen molar-refractivity contribution < 1.29 is 0 Å². The van der Waals surface area contributed by atoms with E-state index < -0.39 is 11.1 Å². The maximum atomic E-state index is 6.29. The number of hydrogen-bond donors (Lipinski definition) is 4. The summed E-state index contributed by atoms with van der Waals surface area (Å²) in [6.07, 6.45) is 1.49. The van der Waals surface area contributed by atoms with Crippen molar-refractivity contribution in [3.05, 3.63) is 35.4 Å². The Bertz CT molecular complexity index is 352. The van der Waals surface area contributed by atoms with Crippen LogP contribution >= 0.6 is 0 Å². The van der Waals surface area contributed by atoms with Crippen molar-refractivity contribution in [2.45, 2.75) is 37.8 Å². The van der Waals surface area contributed by atoms with Crippen molar-refractivity contribution in [2.75, 3.05) is 13.1 Å². The summed E-state index contributed by atoms with van der Waals surface area (Å²) in [6, 6.07) is 8.12. The Labute approximate surface area is 110 Å². The van der Waals surface area contributed by atoms with Gasteiger partial charge in [-0.25, -0.2) is 0 Å². The fourth-order valence-electron chi connectivity index (χ4n) is 2.12. The van der Waals surface area contributed by atoms with Crippen LogP contribution in [0.4, 0.5) is 0 Å². The van der Waals surface area contributed by atoms with Crippen LogP contribution in [0, 0.1) is 0 Å². The van der Waals surface area contributed by atoms with Crippen LogP contribution < -0.4 is 22.9 Å². The molecule has 0 amide bonds. The molecule has 0 saturated carbocycles. The van der Waals surface area contributed by atoms with E-state index in [1.807, 2.05) is 32.0 Å². The van der Waals surface area contributed by atoms with Gasteiger partial charge in [0.15, 0.2) is 0 Å². The van der Waals surface area contributed by atoms with Crippen LogP contribution in [0.25, 0.3) is 0 Å². The maximum absolute atomic E-state index is 6.29. The zero-order chi connectivity index (χ0) is 13.8. The topological polar surface area (TPSA) is 104 Å². The molecule has 0 saturated heterocycles. The van der Waals surface area contributed by atoms with Crippen LogP contribution in [0.5, 0.6) is 0 Å². The molecule has 0 heterocycles. The van der Waals surface area contributed by atoms with Crippen LogP contribution in [0.2, 0.25) is 0 Å². The monoisotopic (exact) mass is 250 g/mol. The van der Waals surface area contributed by atoms with E-state index in [-0.39, 0.29) is 0 Å². The lowest BCUT2D eigenvalue weighted by molar-refractivity contribution is 0.444. The minimum atomic E-state index is -0.413. The first-order valence-corrected chi connectivity index (χ1v) is 6.42. The van der Waals surface area contributed by atoms with E-state index in [2.05, 4.69) is 6.07 Å². The molecule has 4 heteroatoms. The van der Waals surface area contributed by atoms with Crippen LogP contribution in [-0.4, -0.2) is 13.1 Å². The third kappa shape index (κ3) is 3.53. The summed E-state index contributed by atoms with van der Waals surface area (Å²) in [4.78, 5) is 0. The molecule has 0 spiro atoms. The number of benzene rings is 1. The smallest absolute Gasteiger partial charge is 0.0393 e. The van der Waals surface area contributed by atoms with Gasteiger partial charge in [0.1, 0.15) is 0 Å². The summed E-state index contributed by atoms with van der Waals surface area (Å²) in [7, 11) is 0. The van der Waals surface area contributed by atoms with Gasteiger partial charge in [0.2, 0.25) is 0 Å². The second-order valence-corrected chi connectivity index (χ2v) is 5.49. The van der Waals surface area contributed by atoms with Gasteiger partial charge >= 0.3 is 0 Å². The second kappa shape index (κ2) is 5.80. The van der Waals surface area contributed by atoms with Gasteiger partial charge in [-0.05, 0) is 50.9 Å². The fraction of sp³-hybridized carbons (Fsp3) is 0.571. The molecule has 0 fully saturated rings. The minimum absolute atomic E-state index is 0.413. The molecule has 1 aromatic rings. The highest BCUT2D eigenvalue weighted by atomic mass is 14.8. The third-order valence-electron chi connectivity index (χ3n) is 3.51. The predicted molar refractivity (Wildman–Crippen MR) is 76.9 cm³/mol. The Kier molecular flexibility index (Phi) is 4.87. The molecular weight excluding hydrogens is 224 g/mol. The van der Waals surface area contributed by atoms with Crippen LogP contribution in [0.1, 0.15) is 37.8 Å². The first-order chi connectivity index (χ1) is 8.33. The van der Waals surface area contributed by atoms with Crippen molar-refractivity contribution in [3.8, 4) is 0 Å². The number of hydrogen-bond acceptors (Lipinski definition) is 4. The first kappa shape index (κ1) is 15.1.